The van der Waals surface area contributed by atoms with E-state index in [1.165, 1.54) is 19.6 Å². The van der Waals surface area contributed by atoms with Crippen molar-refractivity contribution in [2.45, 2.75) is 45.6 Å². The van der Waals surface area contributed by atoms with Crippen molar-refractivity contribution in [1.82, 2.24) is 4.98 Å². The van der Waals surface area contributed by atoms with Crippen molar-refractivity contribution < 1.29 is 18.7 Å². The molecule has 1 amide bonds. The summed E-state index contributed by atoms with van der Waals surface area (Å²) in [5, 5.41) is 0. The Labute approximate surface area is 222 Å². The molecule has 1 fully saturated rings. The average molecular weight is 509 g/mol. The second-order valence-corrected chi connectivity index (χ2v) is 9.82. The first kappa shape index (κ1) is 25.5. The van der Waals surface area contributed by atoms with Gasteiger partial charge in [0.25, 0.3) is 0 Å². The number of methoxy groups -OCH3 is 1. The number of fused-ring (bicyclic) bond motifs is 1. The van der Waals surface area contributed by atoms with Gasteiger partial charge in [0.15, 0.2) is 11.5 Å². The van der Waals surface area contributed by atoms with Crippen molar-refractivity contribution in [3.05, 3.63) is 89.8 Å². The van der Waals surface area contributed by atoms with E-state index in [1.54, 1.807) is 6.08 Å². The number of hydrogen-bond donors (Lipinski definition) is 0. The molecule has 5 rings (SSSR count). The van der Waals surface area contributed by atoms with Crippen molar-refractivity contribution >= 4 is 34.7 Å². The molecule has 0 N–H and O–H groups in total. The Morgan fingerprint density at radius 2 is 1.76 bits per heavy atom. The fourth-order valence-corrected chi connectivity index (χ4v) is 5.10. The SMILES string of the molecule is COC(=O)/C=C/c1cccc(N(Cc2ccc(-c3ccc4nc(C)oc4c3)cc2)C(=O)C2CCCCC2)c1. The van der Waals surface area contributed by atoms with Crippen LogP contribution in [0.2, 0.25) is 0 Å². The standard InChI is InChI=1S/C32H32N2O4/c1-22-33-29-17-16-27(20-30(29)38-22)25-14-11-24(12-15-25)21-34(32(36)26-8-4-3-5-9-26)28-10-6-7-23(19-28)13-18-31(35)37-2/h6-7,10-20,26H,3-5,8-9,21H2,1-2H3/b18-13+. The van der Waals surface area contributed by atoms with Crippen LogP contribution in [0.15, 0.2) is 77.2 Å². The number of aromatic nitrogens is 1. The Kier molecular flexibility index (Phi) is 7.68. The molecule has 4 aromatic rings. The summed E-state index contributed by atoms with van der Waals surface area (Å²) in [7, 11) is 1.35. The van der Waals surface area contributed by atoms with Crippen molar-refractivity contribution in [3.8, 4) is 11.1 Å². The smallest absolute Gasteiger partial charge is 0.330 e. The van der Waals surface area contributed by atoms with Gasteiger partial charge in [-0.25, -0.2) is 9.78 Å². The minimum Gasteiger partial charge on any atom is -0.466 e. The van der Waals surface area contributed by atoms with Crippen LogP contribution in [0.5, 0.6) is 0 Å². The highest BCUT2D eigenvalue weighted by Crippen LogP contribution is 2.30. The predicted octanol–water partition coefficient (Wildman–Crippen LogP) is 7.10. The number of anilines is 1. The minimum absolute atomic E-state index is 0.0365. The van der Waals surface area contributed by atoms with Crippen LogP contribution in [0.3, 0.4) is 0 Å². The summed E-state index contributed by atoms with van der Waals surface area (Å²) >= 11 is 0. The Morgan fingerprint density at radius 3 is 2.53 bits per heavy atom. The van der Waals surface area contributed by atoms with E-state index in [4.69, 9.17) is 9.15 Å². The molecule has 1 aliphatic carbocycles. The molecule has 6 heteroatoms. The maximum atomic E-state index is 13.8. The first-order valence-electron chi connectivity index (χ1n) is 13.1. The second-order valence-electron chi connectivity index (χ2n) is 9.82. The molecule has 6 nitrogen and oxygen atoms in total. The van der Waals surface area contributed by atoms with Gasteiger partial charge in [-0.2, -0.15) is 0 Å². The fourth-order valence-electron chi connectivity index (χ4n) is 5.10. The lowest BCUT2D eigenvalue weighted by Crippen LogP contribution is -2.36. The fraction of sp³-hybridized carbons (Fsp3) is 0.281. The van der Waals surface area contributed by atoms with Gasteiger partial charge in [-0.15, -0.1) is 0 Å². The van der Waals surface area contributed by atoms with Gasteiger partial charge in [-0.3, -0.25) is 4.79 Å². The van der Waals surface area contributed by atoms with Gasteiger partial charge in [-0.05, 0) is 65.4 Å². The molecule has 1 heterocycles. The van der Waals surface area contributed by atoms with E-state index in [-0.39, 0.29) is 11.8 Å². The molecule has 1 aliphatic rings. The lowest BCUT2D eigenvalue weighted by atomic mass is 9.88. The number of carbonyl (C=O) groups excluding carboxylic acids is 2. The van der Waals surface area contributed by atoms with Crippen molar-refractivity contribution in [2.75, 3.05) is 12.0 Å². The summed E-state index contributed by atoms with van der Waals surface area (Å²) in [5.74, 6) is 0.437. The largest absolute Gasteiger partial charge is 0.466 e. The van der Waals surface area contributed by atoms with E-state index in [9.17, 15) is 9.59 Å². The zero-order chi connectivity index (χ0) is 26.5. The van der Waals surface area contributed by atoms with Gasteiger partial charge >= 0.3 is 5.97 Å². The molecule has 0 spiro atoms. The summed E-state index contributed by atoms with van der Waals surface area (Å²) in [6.07, 6.45) is 8.34. The highest BCUT2D eigenvalue weighted by molar-refractivity contribution is 5.95. The number of carbonyl (C=O) groups is 2. The van der Waals surface area contributed by atoms with E-state index in [0.717, 1.165) is 64.7 Å². The van der Waals surface area contributed by atoms with E-state index in [0.29, 0.717) is 12.4 Å². The molecule has 0 radical (unpaired) electrons. The number of hydrogen-bond acceptors (Lipinski definition) is 5. The summed E-state index contributed by atoms with van der Waals surface area (Å²) in [6, 6.07) is 22.1. The van der Waals surface area contributed by atoms with Crippen LogP contribution in [0, 0.1) is 12.8 Å². The molecule has 0 saturated heterocycles. The molecular formula is C32H32N2O4. The number of esters is 1. The summed E-state index contributed by atoms with van der Waals surface area (Å²) in [6.45, 7) is 2.32. The quantitative estimate of drug-likeness (QED) is 0.197. The van der Waals surface area contributed by atoms with Crippen LogP contribution in [0.1, 0.15) is 49.1 Å². The third kappa shape index (κ3) is 5.86. The molecule has 0 bridgehead atoms. The topological polar surface area (TPSA) is 72.6 Å². The molecule has 1 saturated carbocycles. The Balaban J connectivity index is 1.41. The van der Waals surface area contributed by atoms with Gasteiger partial charge < -0.3 is 14.1 Å². The van der Waals surface area contributed by atoms with Crippen molar-refractivity contribution in [1.29, 1.82) is 0 Å². The maximum Gasteiger partial charge on any atom is 0.330 e. The maximum absolute atomic E-state index is 13.8. The molecule has 1 aromatic heterocycles. The third-order valence-corrected chi connectivity index (χ3v) is 7.14. The molecular weight excluding hydrogens is 476 g/mol. The highest BCUT2D eigenvalue weighted by atomic mass is 16.5. The number of ether oxygens (including phenoxy) is 1. The van der Waals surface area contributed by atoms with Gasteiger partial charge in [0.2, 0.25) is 5.91 Å². The van der Waals surface area contributed by atoms with Crippen LogP contribution in [0.25, 0.3) is 28.3 Å². The van der Waals surface area contributed by atoms with E-state index >= 15 is 0 Å². The normalized spacial score (nSPS) is 14.2. The number of benzene rings is 3. The molecule has 0 aliphatic heterocycles. The van der Waals surface area contributed by atoms with Crippen molar-refractivity contribution in [2.24, 2.45) is 5.92 Å². The number of amides is 1. The molecule has 194 valence electrons. The average Bonchev–Trinajstić information content (AvgIpc) is 3.34. The lowest BCUT2D eigenvalue weighted by Gasteiger charge is -2.30. The van der Waals surface area contributed by atoms with Crippen LogP contribution in [-0.4, -0.2) is 24.0 Å². The van der Waals surface area contributed by atoms with E-state index in [2.05, 4.69) is 29.2 Å². The Morgan fingerprint density at radius 1 is 1.00 bits per heavy atom. The van der Waals surface area contributed by atoms with Crippen molar-refractivity contribution in [3.63, 3.8) is 0 Å². The molecule has 0 unspecified atom stereocenters. The zero-order valence-corrected chi connectivity index (χ0v) is 21.9. The molecule has 3 aromatic carbocycles. The van der Waals surface area contributed by atoms with Crippen LogP contribution < -0.4 is 4.90 Å². The Bertz CT molecular complexity index is 1460. The minimum atomic E-state index is -0.414. The number of aryl methyl sites for hydroxylation is 1. The van der Waals surface area contributed by atoms with Crippen LogP contribution >= 0.6 is 0 Å². The second kappa shape index (κ2) is 11.5. The van der Waals surface area contributed by atoms with Gasteiger partial charge in [0, 0.05) is 24.6 Å². The summed E-state index contributed by atoms with van der Waals surface area (Å²) < 4.78 is 10.4. The van der Waals surface area contributed by atoms with E-state index in [1.807, 2.05) is 54.3 Å². The zero-order valence-electron chi connectivity index (χ0n) is 21.9. The number of oxazole rings is 1. The number of rotatable bonds is 7. The first-order chi connectivity index (χ1) is 18.5. The Hall–Kier alpha value is -4.19. The highest BCUT2D eigenvalue weighted by Gasteiger charge is 2.27. The lowest BCUT2D eigenvalue weighted by molar-refractivity contribution is -0.134. The predicted molar refractivity (Wildman–Crippen MR) is 149 cm³/mol. The summed E-state index contributed by atoms with van der Waals surface area (Å²) in [5.41, 5.74) is 6.46. The number of nitrogens with zero attached hydrogens (tertiary/aromatic N) is 2. The van der Waals surface area contributed by atoms with Crippen LogP contribution in [-0.2, 0) is 20.9 Å². The third-order valence-electron chi connectivity index (χ3n) is 7.14. The van der Waals surface area contributed by atoms with E-state index < -0.39 is 5.97 Å². The monoisotopic (exact) mass is 508 g/mol. The molecule has 38 heavy (non-hydrogen) atoms. The van der Waals surface area contributed by atoms with Gasteiger partial charge in [0.1, 0.15) is 5.52 Å². The summed E-state index contributed by atoms with van der Waals surface area (Å²) in [4.78, 5) is 31.6. The van der Waals surface area contributed by atoms with Gasteiger partial charge in [-0.1, -0.05) is 61.7 Å². The first-order valence-corrected chi connectivity index (χ1v) is 13.1. The van der Waals surface area contributed by atoms with Crippen LogP contribution in [0.4, 0.5) is 5.69 Å². The molecule has 0 atom stereocenters. The van der Waals surface area contributed by atoms with Gasteiger partial charge in [0.05, 0.1) is 13.7 Å².